The minimum absolute atomic E-state index is 0.0146. The molecule has 0 saturated carbocycles. The zero-order chi connectivity index (χ0) is 14.2. The fourth-order valence-corrected chi connectivity index (χ4v) is 2.09. The average molecular weight is 334 g/mol. The maximum Gasteiger partial charge on any atom is 0.194 e. The maximum atomic E-state index is 13.8. The molecule has 100 valence electrons. The van der Waals surface area contributed by atoms with Crippen molar-refractivity contribution in [2.24, 2.45) is 5.73 Å². The van der Waals surface area contributed by atoms with Crippen molar-refractivity contribution in [1.82, 2.24) is 0 Å². The van der Waals surface area contributed by atoms with E-state index in [1.165, 1.54) is 18.2 Å². The van der Waals surface area contributed by atoms with Crippen molar-refractivity contribution >= 4 is 15.9 Å². The van der Waals surface area contributed by atoms with Gasteiger partial charge in [0, 0.05) is 11.1 Å². The molecule has 1 unspecified atom stereocenters. The van der Waals surface area contributed by atoms with Crippen LogP contribution in [-0.4, -0.2) is 0 Å². The van der Waals surface area contributed by atoms with Gasteiger partial charge in [-0.05, 0) is 28.1 Å². The molecule has 0 heterocycles. The number of nitrogens with two attached hydrogens (primary N) is 1. The third kappa shape index (κ3) is 2.50. The highest BCUT2D eigenvalue weighted by Gasteiger charge is 2.22. The van der Waals surface area contributed by atoms with Gasteiger partial charge < -0.3 is 5.73 Å². The zero-order valence-corrected chi connectivity index (χ0v) is 11.0. The molecule has 0 aliphatic heterocycles. The van der Waals surface area contributed by atoms with Crippen molar-refractivity contribution in [1.29, 1.82) is 0 Å². The van der Waals surface area contributed by atoms with E-state index in [0.29, 0.717) is 0 Å². The van der Waals surface area contributed by atoms with E-state index in [9.17, 15) is 17.6 Å². The Bertz CT molecular complexity index is 630. The molecule has 0 aliphatic rings. The first-order valence-corrected chi connectivity index (χ1v) is 6.05. The van der Waals surface area contributed by atoms with E-state index < -0.39 is 29.3 Å². The lowest BCUT2D eigenvalue weighted by Gasteiger charge is -2.15. The summed E-state index contributed by atoms with van der Waals surface area (Å²) < 4.78 is 53.6. The molecule has 0 saturated heterocycles. The first-order chi connectivity index (χ1) is 8.93. The van der Waals surface area contributed by atoms with Crippen LogP contribution in [0.25, 0.3) is 0 Å². The lowest BCUT2D eigenvalue weighted by molar-refractivity contribution is 0.437. The normalized spacial score (nSPS) is 12.5. The molecule has 2 aromatic rings. The Balaban J connectivity index is 2.53. The summed E-state index contributed by atoms with van der Waals surface area (Å²) >= 11 is 2.97. The Morgan fingerprint density at radius 1 is 0.842 bits per heavy atom. The Morgan fingerprint density at radius 2 is 1.47 bits per heavy atom. The molecule has 0 aliphatic carbocycles. The number of hydrogen-bond acceptors (Lipinski definition) is 1. The Labute approximate surface area is 115 Å². The second kappa shape index (κ2) is 5.30. The van der Waals surface area contributed by atoms with Gasteiger partial charge in [0.1, 0.15) is 5.82 Å². The highest BCUT2D eigenvalue weighted by molar-refractivity contribution is 9.10. The SMILES string of the molecule is NC(c1cccc(Br)c1F)c1ccc(F)c(F)c1F. The Hall–Kier alpha value is -1.40. The second-order valence-corrected chi connectivity index (χ2v) is 4.74. The largest absolute Gasteiger partial charge is 0.320 e. The molecule has 0 radical (unpaired) electrons. The van der Waals surface area contributed by atoms with E-state index in [4.69, 9.17) is 5.73 Å². The molecule has 0 bridgehead atoms. The van der Waals surface area contributed by atoms with Gasteiger partial charge in [-0.3, -0.25) is 0 Å². The fraction of sp³-hybridized carbons (Fsp3) is 0.0769. The summed E-state index contributed by atoms with van der Waals surface area (Å²) in [6.07, 6.45) is 0. The highest BCUT2D eigenvalue weighted by atomic mass is 79.9. The van der Waals surface area contributed by atoms with Crippen molar-refractivity contribution < 1.29 is 17.6 Å². The molecule has 0 amide bonds. The topological polar surface area (TPSA) is 26.0 Å². The third-order valence-corrected chi connectivity index (χ3v) is 3.33. The quantitative estimate of drug-likeness (QED) is 0.651. The minimum Gasteiger partial charge on any atom is -0.320 e. The van der Waals surface area contributed by atoms with Crippen LogP contribution in [0.2, 0.25) is 0 Å². The van der Waals surface area contributed by atoms with Gasteiger partial charge in [0.2, 0.25) is 0 Å². The third-order valence-electron chi connectivity index (χ3n) is 2.72. The molecular formula is C13H8BrF4N. The van der Waals surface area contributed by atoms with Crippen LogP contribution >= 0.6 is 15.9 Å². The number of rotatable bonds is 2. The molecule has 0 spiro atoms. The highest BCUT2D eigenvalue weighted by Crippen LogP contribution is 2.29. The molecule has 6 heteroatoms. The van der Waals surface area contributed by atoms with Crippen molar-refractivity contribution in [3.8, 4) is 0 Å². The maximum absolute atomic E-state index is 13.8. The zero-order valence-electron chi connectivity index (χ0n) is 9.43. The van der Waals surface area contributed by atoms with E-state index in [1.807, 2.05) is 0 Å². The average Bonchev–Trinajstić information content (AvgIpc) is 2.39. The summed E-state index contributed by atoms with van der Waals surface area (Å²) in [7, 11) is 0. The van der Waals surface area contributed by atoms with E-state index >= 15 is 0 Å². The van der Waals surface area contributed by atoms with Crippen LogP contribution in [0.3, 0.4) is 0 Å². The first kappa shape index (κ1) is 14.0. The molecule has 2 aromatic carbocycles. The van der Waals surface area contributed by atoms with Crippen molar-refractivity contribution in [3.63, 3.8) is 0 Å². The molecule has 0 aromatic heterocycles. The fourth-order valence-electron chi connectivity index (χ4n) is 1.71. The van der Waals surface area contributed by atoms with E-state index in [-0.39, 0.29) is 15.6 Å². The first-order valence-electron chi connectivity index (χ1n) is 5.26. The van der Waals surface area contributed by atoms with Crippen LogP contribution < -0.4 is 5.73 Å². The Morgan fingerprint density at radius 3 is 2.16 bits per heavy atom. The van der Waals surface area contributed by atoms with Crippen LogP contribution in [-0.2, 0) is 0 Å². The lowest BCUT2D eigenvalue weighted by atomic mass is 9.98. The van der Waals surface area contributed by atoms with Gasteiger partial charge in [-0.15, -0.1) is 0 Å². The van der Waals surface area contributed by atoms with Crippen LogP contribution in [0, 0.1) is 23.3 Å². The van der Waals surface area contributed by atoms with Gasteiger partial charge in [0.15, 0.2) is 17.5 Å². The van der Waals surface area contributed by atoms with Crippen LogP contribution in [0.5, 0.6) is 0 Å². The number of halogens is 5. The lowest BCUT2D eigenvalue weighted by Crippen LogP contribution is -2.16. The standard InChI is InChI=1S/C13H8BrF4N/c14-8-3-1-2-6(10(8)16)13(19)7-4-5-9(15)12(18)11(7)17/h1-5,13H,19H2. The smallest absolute Gasteiger partial charge is 0.194 e. The van der Waals surface area contributed by atoms with Gasteiger partial charge >= 0.3 is 0 Å². The molecule has 2 N–H and O–H groups in total. The summed E-state index contributed by atoms with van der Waals surface area (Å²) in [4.78, 5) is 0. The van der Waals surface area contributed by atoms with E-state index in [1.54, 1.807) is 0 Å². The van der Waals surface area contributed by atoms with Gasteiger partial charge in [0.05, 0.1) is 10.5 Å². The summed E-state index contributed by atoms with van der Waals surface area (Å²) in [6.45, 7) is 0. The predicted molar refractivity (Wildman–Crippen MR) is 66.4 cm³/mol. The van der Waals surface area contributed by atoms with Crippen LogP contribution in [0.1, 0.15) is 17.2 Å². The molecule has 2 rings (SSSR count). The molecule has 1 nitrogen and oxygen atoms in total. The summed E-state index contributed by atoms with van der Waals surface area (Å²) in [5, 5.41) is 0. The van der Waals surface area contributed by atoms with Gasteiger partial charge in [0.25, 0.3) is 0 Å². The monoisotopic (exact) mass is 333 g/mol. The summed E-state index contributed by atoms with van der Waals surface area (Å²) in [6, 6.07) is 4.84. The molecular weight excluding hydrogens is 326 g/mol. The molecule has 1 atom stereocenters. The van der Waals surface area contributed by atoms with Gasteiger partial charge in [-0.1, -0.05) is 18.2 Å². The van der Waals surface area contributed by atoms with Crippen molar-refractivity contribution in [2.75, 3.05) is 0 Å². The van der Waals surface area contributed by atoms with Crippen molar-refractivity contribution in [3.05, 3.63) is 69.2 Å². The van der Waals surface area contributed by atoms with E-state index in [0.717, 1.165) is 12.1 Å². The summed E-state index contributed by atoms with van der Waals surface area (Å²) in [5.74, 6) is -5.02. The molecule has 19 heavy (non-hydrogen) atoms. The summed E-state index contributed by atoms with van der Waals surface area (Å²) in [5.41, 5.74) is 5.39. The van der Waals surface area contributed by atoms with Crippen molar-refractivity contribution in [2.45, 2.75) is 6.04 Å². The van der Waals surface area contributed by atoms with E-state index in [2.05, 4.69) is 15.9 Å². The number of benzene rings is 2. The minimum atomic E-state index is -1.62. The second-order valence-electron chi connectivity index (χ2n) is 3.89. The molecule has 0 fully saturated rings. The van der Waals surface area contributed by atoms with Crippen LogP contribution in [0.15, 0.2) is 34.8 Å². The van der Waals surface area contributed by atoms with Crippen LogP contribution in [0.4, 0.5) is 17.6 Å². The number of hydrogen-bond donors (Lipinski definition) is 1. The van der Waals surface area contributed by atoms with Gasteiger partial charge in [-0.25, -0.2) is 17.6 Å². The predicted octanol–water partition coefficient (Wildman–Crippen LogP) is 4.05. The van der Waals surface area contributed by atoms with Gasteiger partial charge in [-0.2, -0.15) is 0 Å². The Kier molecular flexibility index (Phi) is 3.91.